The van der Waals surface area contributed by atoms with Gasteiger partial charge in [0, 0.05) is 18.1 Å². The largest absolute Gasteiger partial charge is 0.330 e. The van der Waals surface area contributed by atoms with Gasteiger partial charge >= 0.3 is 10.2 Å². The maximum Gasteiger partial charge on any atom is 0.301 e. The van der Waals surface area contributed by atoms with Crippen molar-refractivity contribution in [3.8, 4) is 0 Å². The minimum absolute atomic E-state index is 0.0999. The molecule has 18 heavy (non-hydrogen) atoms. The van der Waals surface area contributed by atoms with Crippen LogP contribution in [0.5, 0.6) is 0 Å². The number of hydrogen-bond donors (Lipinski definition) is 2. The molecule has 0 unspecified atom stereocenters. The van der Waals surface area contributed by atoms with Gasteiger partial charge in [-0.2, -0.15) is 12.7 Å². The first-order valence-corrected chi connectivity index (χ1v) is 7.50. The Bertz CT molecular complexity index is 490. The molecule has 0 atom stereocenters. The van der Waals surface area contributed by atoms with Gasteiger partial charge < -0.3 is 5.73 Å². The van der Waals surface area contributed by atoms with Gasteiger partial charge in [0.25, 0.3) is 0 Å². The van der Waals surface area contributed by atoms with Crippen LogP contribution in [0.1, 0.15) is 6.42 Å². The SMILES string of the molecule is CN(CCCN)S(=O)(=O)Nc1c(F)cccc1Br. The quantitative estimate of drug-likeness (QED) is 0.825. The second-order valence-electron chi connectivity index (χ2n) is 3.67. The van der Waals surface area contributed by atoms with Crippen LogP contribution < -0.4 is 10.5 Å². The fourth-order valence-corrected chi connectivity index (χ4v) is 2.80. The van der Waals surface area contributed by atoms with E-state index in [1.807, 2.05) is 0 Å². The van der Waals surface area contributed by atoms with Crippen molar-refractivity contribution in [2.75, 3.05) is 24.9 Å². The molecule has 0 saturated carbocycles. The van der Waals surface area contributed by atoms with E-state index in [-0.39, 0.29) is 12.2 Å². The number of nitrogens with two attached hydrogens (primary N) is 1. The van der Waals surface area contributed by atoms with E-state index in [9.17, 15) is 12.8 Å². The molecule has 0 aliphatic heterocycles. The van der Waals surface area contributed by atoms with Gasteiger partial charge in [-0.3, -0.25) is 4.72 Å². The molecule has 0 aromatic heterocycles. The maximum atomic E-state index is 13.5. The van der Waals surface area contributed by atoms with E-state index >= 15 is 0 Å². The molecule has 0 saturated heterocycles. The Morgan fingerprint density at radius 3 is 2.72 bits per heavy atom. The molecule has 0 radical (unpaired) electrons. The maximum absolute atomic E-state index is 13.5. The molecule has 1 rings (SSSR count). The molecular formula is C10H15BrFN3O2S. The number of halogens is 2. The molecular weight excluding hydrogens is 325 g/mol. The summed E-state index contributed by atoms with van der Waals surface area (Å²) in [6.45, 7) is 0.668. The lowest BCUT2D eigenvalue weighted by Gasteiger charge is -2.18. The van der Waals surface area contributed by atoms with Crippen molar-refractivity contribution < 1.29 is 12.8 Å². The van der Waals surface area contributed by atoms with E-state index in [1.165, 1.54) is 19.2 Å². The predicted molar refractivity (Wildman–Crippen MR) is 72.9 cm³/mol. The Balaban J connectivity index is 2.89. The number of para-hydroxylation sites is 1. The lowest BCUT2D eigenvalue weighted by molar-refractivity contribution is 0.468. The van der Waals surface area contributed by atoms with Crippen molar-refractivity contribution in [3.63, 3.8) is 0 Å². The highest BCUT2D eigenvalue weighted by molar-refractivity contribution is 9.10. The average molecular weight is 340 g/mol. The highest BCUT2D eigenvalue weighted by Crippen LogP contribution is 2.26. The summed E-state index contributed by atoms with van der Waals surface area (Å²) in [5, 5.41) is 0. The van der Waals surface area contributed by atoms with Crippen LogP contribution in [-0.4, -0.2) is 32.9 Å². The first-order valence-electron chi connectivity index (χ1n) is 5.26. The molecule has 1 aromatic carbocycles. The fraction of sp³-hybridized carbons (Fsp3) is 0.400. The minimum atomic E-state index is -3.77. The van der Waals surface area contributed by atoms with E-state index in [0.29, 0.717) is 17.4 Å². The first kappa shape index (κ1) is 15.4. The lowest BCUT2D eigenvalue weighted by atomic mass is 10.3. The molecule has 0 heterocycles. The number of hydrogen-bond acceptors (Lipinski definition) is 3. The Morgan fingerprint density at radius 2 is 2.17 bits per heavy atom. The zero-order valence-electron chi connectivity index (χ0n) is 9.86. The predicted octanol–water partition coefficient (Wildman–Crippen LogP) is 1.53. The van der Waals surface area contributed by atoms with Crippen molar-refractivity contribution in [2.24, 2.45) is 5.73 Å². The molecule has 0 spiro atoms. The monoisotopic (exact) mass is 339 g/mol. The van der Waals surface area contributed by atoms with Crippen LogP contribution in [0, 0.1) is 5.82 Å². The highest BCUT2D eigenvalue weighted by Gasteiger charge is 2.20. The van der Waals surface area contributed by atoms with E-state index in [4.69, 9.17) is 5.73 Å². The van der Waals surface area contributed by atoms with Crippen LogP contribution in [0.3, 0.4) is 0 Å². The van der Waals surface area contributed by atoms with Gasteiger partial charge in [0.05, 0.1) is 5.69 Å². The summed E-state index contributed by atoms with van der Waals surface area (Å²) in [6, 6.07) is 4.22. The summed E-state index contributed by atoms with van der Waals surface area (Å²) in [5.74, 6) is -0.639. The van der Waals surface area contributed by atoms with Gasteiger partial charge in [-0.05, 0) is 41.0 Å². The molecule has 1 aromatic rings. The first-order chi connectivity index (χ1) is 8.38. The van der Waals surface area contributed by atoms with E-state index < -0.39 is 16.0 Å². The third-order valence-electron chi connectivity index (χ3n) is 2.28. The van der Waals surface area contributed by atoms with Gasteiger partial charge in [0.2, 0.25) is 0 Å². The van der Waals surface area contributed by atoms with E-state index in [0.717, 1.165) is 4.31 Å². The van der Waals surface area contributed by atoms with Crippen LogP contribution in [0.2, 0.25) is 0 Å². The van der Waals surface area contributed by atoms with Crippen LogP contribution in [0.25, 0.3) is 0 Å². The van der Waals surface area contributed by atoms with E-state index in [1.54, 1.807) is 6.07 Å². The van der Waals surface area contributed by atoms with Crippen LogP contribution in [-0.2, 0) is 10.2 Å². The average Bonchev–Trinajstić information content (AvgIpc) is 2.31. The standard InChI is InChI=1S/C10H15BrFN3O2S/c1-15(7-3-6-13)18(16,17)14-10-8(11)4-2-5-9(10)12/h2,4-5,14H,3,6-7,13H2,1H3. The molecule has 3 N–H and O–H groups in total. The summed E-state index contributed by atoms with van der Waals surface area (Å²) in [4.78, 5) is 0. The van der Waals surface area contributed by atoms with Crippen LogP contribution in [0.4, 0.5) is 10.1 Å². The summed E-state index contributed by atoms with van der Waals surface area (Å²) >= 11 is 3.10. The van der Waals surface area contributed by atoms with Crippen molar-refractivity contribution in [1.29, 1.82) is 0 Å². The smallest absolute Gasteiger partial charge is 0.301 e. The van der Waals surface area contributed by atoms with Crippen LogP contribution in [0.15, 0.2) is 22.7 Å². The van der Waals surface area contributed by atoms with Gasteiger partial charge in [-0.25, -0.2) is 4.39 Å². The van der Waals surface area contributed by atoms with Crippen molar-refractivity contribution in [2.45, 2.75) is 6.42 Å². The van der Waals surface area contributed by atoms with Gasteiger partial charge in [0.1, 0.15) is 5.82 Å². The molecule has 8 heteroatoms. The lowest BCUT2D eigenvalue weighted by Crippen LogP contribution is -2.34. The van der Waals surface area contributed by atoms with Crippen molar-refractivity contribution in [3.05, 3.63) is 28.5 Å². The topological polar surface area (TPSA) is 75.4 Å². The highest BCUT2D eigenvalue weighted by atomic mass is 79.9. The zero-order chi connectivity index (χ0) is 13.8. The summed E-state index contributed by atoms with van der Waals surface area (Å²) in [6.07, 6.45) is 0.538. The molecule has 102 valence electrons. The number of anilines is 1. The molecule has 0 amide bonds. The third kappa shape index (κ3) is 3.91. The van der Waals surface area contributed by atoms with Crippen molar-refractivity contribution >= 4 is 31.8 Å². The molecule has 0 aliphatic rings. The fourth-order valence-electron chi connectivity index (χ4n) is 1.24. The normalized spacial score (nSPS) is 11.8. The number of benzene rings is 1. The number of rotatable bonds is 6. The van der Waals surface area contributed by atoms with Crippen LogP contribution >= 0.6 is 15.9 Å². The third-order valence-corrected chi connectivity index (χ3v) is 4.41. The molecule has 0 aliphatic carbocycles. The molecule has 0 fully saturated rings. The summed E-state index contributed by atoms with van der Waals surface area (Å²) in [5.41, 5.74) is 5.21. The van der Waals surface area contributed by atoms with Gasteiger partial charge in [-0.15, -0.1) is 0 Å². The number of nitrogens with one attached hydrogen (secondary N) is 1. The van der Waals surface area contributed by atoms with Gasteiger partial charge in [0.15, 0.2) is 0 Å². The molecule has 5 nitrogen and oxygen atoms in total. The Hall–Kier alpha value is -0.700. The molecule has 0 bridgehead atoms. The summed E-state index contributed by atoms with van der Waals surface area (Å²) < 4.78 is 40.9. The second kappa shape index (κ2) is 6.46. The van der Waals surface area contributed by atoms with Gasteiger partial charge in [-0.1, -0.05) is 6.07 Å². The number of nitrogens with zero attached hydrogens (tertiary/aromatic N) is 1. The Morgan fingerprint density at radius 1 is 1.50 bits per heavy atom. The summed E-state index contributed by atoms with van der Waals surface area (Å²) in [7, 11) is -2.36. The van der Waals surface area contributed by atoms with E-state index in [2.05, 4.69) is 20.7 Å². The minimum Gasteiger partial charge on any atom is -0.330 e. The Kier molecular flexibility index (Phi) is 5.51. The zero-order valence-corrected chi connectivity index (χ0v) is 12.3. The second-order valence-corrected chi connectivity index (χ2v) is 6.30. The Labute approximate surface area is 114 Å². The van der Waals surface area contributed by atoms with Crippen molar-refractivity contribution in [1.82, 2.24) is 4.31 Å².